The van der Waals surface area contributed by atoms with E-state index in [1.54, 1.807) is 20.8 Å². The zero-order valence-electron chi connectivity index (χ0n) is 16.3. The summed E-state index contributed by atoms with van der Waals surface area (Å²) in [5.74, 6) is -9.30. The van der Waals surface area contributed by atoms with Gasteiger partial charge in [-0.2, -0.15) is 0 Å². The lowest BCUT2D eigenvalue weighted by molar-refractivity contribution is -0.126. The molecule has 0 aliphatic heterocycles. The first-order valence-corrected chi connectivity index (χ1v) is 8.50. The average molecular weight is 374 g/mol. The van der Waals surface area contributed by atoms with Gasteiger partial charge in [-0.3, -0.25) is 9.59 Å². The minimum Gasteiger partial charge on any atom is -0.299 e. The minimum absolute atomic E-state index is 0.117. The fraction of sp³-hybridized carbons (Fsp3) is 0.600. The predicted octanol–water partition coefficient (Wildman–Crippen LogP) is 5.86. The molecule has 0 saturated heterocycles. The topological polar surface area (TPSA) is 34.1 Å². The summed E-state index contributed by atoms with van der Waals surface area (Å²) in [5.41, 5.74) is -2.32. The third-order valence-corrected chi connectivity index (χ3v) is 4.81. The van der Waals surface area contributed by atoms with Crippen LogP contribution in [0.2, 0.25) is 0 Å². The Bertz CT molecular complexity index is 660. The molecule has 1 rings (SSSR count). The fourth-order valence-electron chi connectivity index (χ4n) is 3.19. The van der Waals surface area contributed by atoms with Crippen LogP contribution < -0.4 is 0 Å². The van der Waals surface area contributed by atoms with Crippen molar-refractivity contribution in [1.82, 2.24) is 0 Å². The highest BCUT2D eigenvalue weighted by Crippen LogP contribution is 2.46. The summed E-state index contributed by atoms with van der Waals surface area (Å²) in [6, 6.07) is 2.07. The van der Waals surface area contributed by atoms with Crippen molar-refractivity contribution in [3.63, 3.8) is 0 Å². The third kappa shape index (κ3) is 4.51. The van der Waals surface area contributed by atoms with Crippen molar-refractivity contribution in [3.8, 4) is 0 Å². The molecule has 0 aliphatic rings. The molecule has 0 heterocycles. The molecule has 0 atom stereocenters. The van der Waals surface area contributed by atoms with E-state index in [2.05, 4.69) is 0 Å². The molecule has 0 spiro atoms. The van der Waals surface area contributed by atoms with Crippen molar-refractivity contribution in [2.45, 2.75) is 78.1 Å². The number of hydrogen-bond donors (Lipinski definition) is 0. The van der Waals surface area contributed by atoms with E-state index < -0.39 is 45.9 Å². The Hall–Kier alpha value is -1.72. The summed E-state index contributed by atoms with van der Waals surface area (Å²) >= 11 is 0. The first kappa shape index (κ1) is 22.3. The Balaban J connectivity index is 4.05. The third-order valence-electron chi connectivity index (χ3n) is 4.81. The van der Waals surface area contributed by atoms with E-state index in [0.29, 0.717) is 20.3 Å². The number of alkyl halides is 4. The van der Waals surface area contributed by atoms with E-state index in [0.717, 1.165) is 26.0 Å². The maximum absolute atomic E-state index is 14.4. The molecule has 0 fully saturated rings. The summed E-state index contributed by atoms with van der Waals surface area (Å²) in [4.78, 5) is 23.7. The maximum Gasteiger partial charge on any atom is 0.270 e. The van der Waals surface area contributed by atoms with Crippen LogP contribution in [0.1, 0.15) is 83.1 Å². The molecule has 146 valence electrons. The predicted molar refractivity (Wildman–Crippen MR) is 93.0 cm³/mol. The Labute approximate surface area is 152 Å². The van der Waals surface area contributed by atoms with Crippen LogP contribution in [0, 0.1) is 0 Å². The Morgan fingerprint density at radius 3 is 1.46 bits per heavy atom. The molecule has 1 aromatic carbocycles. The van der Waals surface area contributed by atoms with Gasteiger partial charge < -0.3 is 0 Å². The van der Waals surface area contributed by atoms with Crippen molar-refractivity contribution in [2.75, 3.05) is 0 Å². The van der Waals surface area contributed by atoms with Gasteiger partial charge in [0.15, 0.2) is 0 Å². The SMILES string of the molecule is CCC(C)(C)c1c(C(C)(F)F)cc(C(C(C)=O)C(C)=O)cc1C(C)(F)F. The number of ketones is 2. The molecule has 6 heteroatoms. The molecule has 0 aromatic heterocycles. The molecule has 0 bridgehead atoms. The molecule has 1 aromatic rings. The average Bonchev–Trinajstić information content (AvgIpc) is 2.43. The second-order valence-corrected chi connectivity index (χ2v) is 7.66. The van der Waals surface area contributed by atoms with Gasteiger partial charge in [0.25, 0.3) is 11.8 Å². The zero-order valence-corrected chi connectivity index (χ0v) is 16.3. The maximum atomic E-state index is 14.4. The van der Waals surface area contributed by atoms with Gasteiger partial charge in [0.05, 0.1) is 0 Å². The van der Waals surface area contributed by atoms with Crippen LogP contribution in [0.25, 0.3) is 0 Å². The first-order chi connectivity index (χ1) is 11.5. The van der Waals surface area contributed by atoms with Crippen LogP contribution in [-0.2, 0) is 26.8 Å². The molecule has 0 radical (unpaired) electrons. The van der Waals surface area contributed by atoms with Gasteiger partial charge in [-0.25, -0.2) is 17.6 Å². The normalized spacial score (nSPS) is 13.2. The van der Waals surface area contributed by atoms with E-state index in [1.807, 2.05) is 0 Å². The van der Waals surface area contributed by atoms with Gasteiger partial charge in [0.1, 0.15) is 17.5 Å². The van der Waals surface area contributed by atoms with Gasteiger partial charge in [0.2, 0.25) is 0 Å². The monoisotopic (exact) mass is 374 g/mol. The number of rotatable bonds is 7. The standard InChI is InChI=1S/C20H26F4O2/c1-8-18(4,5)17-14(19(6,21)22)9-13(10-15(17)20(7,23)24)16(11(2)25)12(3)26/h9-10,16H,8H2,1-7H3. The van der Waals surface area contributed by atoms with Gasteiger partial charge in [-0.15, -0.1) is 0 Å². The van der Waals surface area contributed by atoms with E-state index >= 15 is 0 Å². The number of halogens is 4. The number of hydrogen-bond acceptors (Lipinski definition) is 2. The molecule has 2 nitrogen and oxygen atoms in total. The highest BCUT2D eigenvalue weighted by molar-refractivity contribution is 6.05. The summed E-state index contributed by atoms with van der Waals surface area (Å²) < 4.78 is 57.5. The van der Waals surface area contributed by atoms with E-state index in [9.17, 15) is 27.2 Å². The van der Waals surface area contributed by atoms with Crippen LogP contribution >= 0.6 is 0 Å². The van der Waals surface area contributed by atoms with Crippen LogP contribution in [0.4, 0.5) is 17.6 Å². The van der Waals surface area contributed by atoms with E-state index in [1.165, 1.54) is 0 Å². The highest BCUT2D eigenvalue weighted by Gasteiger charge is 2.41. The quantitative estimate of drug-likeness (QED) is 0.442. The second kappa shape index (κ2) is 7.12. The lowest BCUT2D eigenvalue weighted by atomic mass is 9.73. The van der Waals surface area contributed by atoms with Gasteiger partial charge in [-0.05, 0) is 48.9 Å². The van der Waals surface area contributed by atoms with Crippen molar-refractivity contribution < 1.29 is 27.2 Å². The number of carbonyl (C=O) groups is 2. The van der Waals surface area contributed by atoms with Crippen LogP contribution in [-0.4, -0.2) is 11.6 Å². The van der Waals surface area contributed by atoms with Crippen molar-refractivity contribution in [1.29, 1.82) is 0 Å². The molecule has 0 unspecified atom stereocenters. The van der Waals surface area contributed by atoms with Crippen molar-refractivity contribution in [3.05, 3.63) is 34.4 Å². The van der Waals surface area contributed by atoms with Crippen LogP contribution in [0.3, 0.4) is 0 Å². The number of Topliss-reactive ketones (excluding diaryl/α,β-unsaturated/α-hetero) is 2. The molecular formula is C20H26F4O2. The summed E-state index contributed by atoms with van der Waals surface area (Å²) in [7, 11) is 0. The fourth-order valence-corrected chi connectivity index (χ4v) is 3.19. The van der Waals surface area contributed by atoms with Crippen molar-refractivity contribution in [2.24, 2.45) is 0 Å². The zero-order chi connectivity index (χ0) is 20.7. The Morgan fingerprint density at radius 2 is 1.23 bits per heavy atom. The summed E-state index contributed by atoms with van der Waals surface area (Å²) in [6.45, 7) is 8.54. The molecule has 26 heavy (non-hydrogen) atoms. The first-order valence-electron chi connectivity index (χ1n) is 8.50. The van der Waals surface area contributed by atoms with E-state index in [4.69, 9.17) is 0 Å². The molecule has 0 N–H and O–H groups in total. The minimum atomic E-state index is -3.41. The highest BCUT2D eigenvalue weighted by atomic mass is 19.3. The second-order valence-electron chi connectivity index (χ2n) is 7.66. The summed E-state index contributed by atoms with van der Waals surface area (Å²) in [6.07, 6.45) is 0.362. The molecule has 0 saturated carbocycles. The van der Waals surface area contributed by atoms with Gasteiger partial charge in [-0.1, -0.05) is 20.8 Å². The molecule has 0 aliphatic carbocycles. The number of benzene rings is 1. The van der Waals surface area contributed by atoms with Crippen LogP contribution in [0.15, 0.2) is 12.1 Å². The molecule has 0 amide bonds. The lowest BCUT2D eigenvalue weighted by Crippen LogP contribution is -2.29. The van der Waals surface area contributed by atoms with Crippen molar-refractivity contribution >= 4 is 11.6 Å². The van der Waals surface area contributed by atoms with Gasteiger partial charge in [0, 0.05) is 25.0 Å². The Morgan fingerprint density at radius 1 is 0.885 bits per heavy atom. The number of carbonyl (C=O) groups excluding carboxylic acids is 2. The largest absolute Gasteiger partial charge is 0.299 e. The Kier molecular flexibility index (Phi) is 6.11. The van der Waals surface area contributed by atoms with Gasteiger partial charge >= 0.3 is 0 Å². The summed E-state index contributed by atoms with van der Waals surface area (Å²) in [5, 5.41) is 0. The molecular weight excluding hydrogens is 348 g/mol. The lowest BCUT2D eigenvalue weighted by Gasteiger charge is -2.34. The van der Waals surface area contributed by atoms with Crippen LogP contribution in [0.5, 0.6) is 0 Å². The smallest absolute Gasteiger partial charge is 0.270 e. The van der Waals surface area contributed by atoms with E-state index in [-0.39, 0.29) is 11.1 Å².